The second-order valence-corrected chi connectivity index (χ2v) is 4.59. The number of alkyl halides is 3. The van der Waals surface area contributed by atoms with Crippen LogP contribution in [0.25, 0.3) is 5.69 Å². The molecule has 0 fully saturated rings. The molecule has 1 aromatic carbocycles. The Hall–Kier alpha value is -2.11. The van der Waals surface area contributed by atoms with E-state index in [4.69, 9.17) is 0 Å². The highest BCUT2D eigenvalue weighted by Gasteiger charge is 2.30. The van der Waals surface area contributed by atoms with E-state index in [2.05, 4.69) is 5.10 Å². The highest BCUT2D eigenvalue weighted by atomic mass is 19.4. The lowest BCUT2D eigenvalue weighted by Crippen LogP contribution is -2.06. The van der Waals surface area contributed by atoms with Gasteiger partial charge in [0.15, 0.2) is 6.29 Å². The second-order valence-electron chi connectivity index (χ2n) is 4.59. The van der Waals surface area contributed by atoms with Crippen LogP contribution in [0.3, 0.4) is 0 Å². The van der Waals surface area contributed by atoms with Crippen molar-refractivity contribution in [3.8, 4) is 5.69 Å². The molecular weight excluding hydrogens is 281 g/mol. The average Bonchev–Trinajstić information content (AvgIpc) is 2.84. The summed E-state index contributed by atoms with van der Waals surface area (Å²) in [6, 6.07) is 4.76. The number of benzene rings is 1. The lowest BCUT2D eigenvalue weighted by molar-refractivity contribution is -0.137. The van der Waals surface area contributed by atoms with Gasteiger partial charge in [0.1, 0.15) is 0 Å². The highest BCUT2D eigenvalue weighted by molar-refractivity contribution is 5.78. The van der Waals surface area contributed by atoms with E-state index in [1.165, 1.54) is 12.1 Å². The molecule has 0 N–H and O–H groups in total. The number of rotatable bonds is 4. The zero-order valence-corrected chi connectivity index (χ0v) is 11.7. The number of aldehydes is 1. The third-order valence-electron chi connectivity index (χ3n) is 3.33. The summed E-state index contributed by atoms with van der Waals surface area (Å²) in [5, 5.41) is 4.34. The maximum Gasteiger partial charge on any atom is 0.416 e. The van der Waals surface area contributed by atoms with Gasteiger partial charge in [0.2, 0.25) is 0 Å². The first-order valence-corrected chi connectivity index (χ1v) is 6.65. The van der Waals surface area contributed by atoms with Crippen molar-refractivity contribution in [2.24, 2.45) is 0 Å². The van der Waals surface area contributed by atoms with Crippen LogP contribution in [0, 0.1) is 0 Å². The van der Waals surface area contributed by atoms with E-state index in [9.17, 15) is 18.0 Å². The maximum atomic E-state index is 12.6. The van der Waals surface area contributed by atoms with Crippen LogP contribution >= 0.6 is 0 Å². The predicted octanol–water partition coefficient (Wildman–Crippen LogP) is 3.83. The SMILES string of the molecule is CCc1nn(-c2ccc(C(F)(F)F)cc2)c(CC)c1C=O. The minimum Gasteiger partial charge on any atom is -0.298 e. The number of aryl methyl sites for hydroxylation is 1. The van der Waals surface area contributed by atoms with E-state index in [0.29, 0.717) is 35.5 Å². The van der Waals surface area contributed by atoms with Gasteiger partial charge < -0.3 is 0 Å². The van der Waals surface area contributed by atoms with Gasteiger partial charge in [-0.05, 0) is 37.1 Å². The van der Waals surface area contributed by atoms with Crippen LogP contribution in [0.1, 0.15) is 41.2 Å². The average molecular weight is 296 g/mol. The van der Waals surface area contributed by atoms with Crippen molar-refractivity contribution in [3.63, 3.8) is 0 Å². The number of hydrogen-bond donors (Lipinski definition) is 0. The van der Waals surface area contributed by atoms with Gasteiger partial charge in [-0.25, -0.2) is 4.68 Å². The van der Waals surface area contributed by atoms with Crippen molar-refractivity contribution >= 4 is 6.29 Å². The van der Waals surface area contributed by atoms with Crippen LogP contribution < -0.4 is 0 Å². The first-order valence-electron chi connectivity index (χ1n) is 6.65. The van der Waals surface area contributed by atoms with Crippen molar-refractivity contribution in [2.75, 3.05) is 0 Å². The molecule has 2 rings (SSSR count). The molecule has 0 radical (unpaired) electrons. The molecule has 1 aromatic heterocycles. The number of hydrogen-bond acceptors (Lipinski definition) is 2. The molecule has 0 saturated carbocycles. The molecule has 0 bridgehead atoms. The number of nitrogens with zero attached hydrogens (tertiary/aromatic N) is 2. The lowest BCUT2D eigenvalue weighted by Gasteiger charge is -2.09. The van der Waals surface area contributed by atoms with Crippen molar-refractivity contribution in [1.82, 2.24) is 9.78 Å². The van der Waals surface area contributed by atoms with Gasteiger partial charge in [0, 0.05) is 0 Å². The van der Waals surface area contributed by atoms with Gasteiger partial charge in [0.05, 0.1) is 28.2 Å². The molecule has 1 heterocycles. The summed E-state index contributed by atoms with van der Waals surface area (Å²) in [7, 11) is 0. The number of carbonyl (C=O) groups is 1. The van der Waals surface area contributed by atoms with Gasteiger partial charge in [0.25, 0.3) is 0 Å². The first-order chi connectivity index (χ1) is 9.92. The fraction of sp³-hybridized carbons (Fsp3) is 0.333. The molecule has 0 atom stereocenters. The van der Waals surface area contributed by atoms with Crippen molar-refractivity contribution in [3.05, 3.63) is 46.8 Å². The summed E-state index contributed by atoms with van der Waals surface area (Å²) >= 11 is 0. The molecule has 3 nitrogen and oxygen atoms in total. The minimum atomic E-state index is -4.36. The van der Waals surface area contributed by atoms with E-state index in [0.717, 1.165) is 18.4 Å². The predicted molar refractivity (Wildman–Crippen MR) is 72.7 cm³/mol. The van der Waals surface area contributed by atoms with Crippen LogP contribution in [0.4, 0.5) is 13.2 Å². The van der Waals surface area contributed by atoms with E-state index < -0.39 is 11.7 Å². The Morgan fingerprint density at radius 2 is 1.76 bits per heavy atom. The molecule has 21 heavy (non-hydrogen) atoms. The zero-order valence-electron chi connectivity index (χ0n) is 11.7. The summed E-state index contributed by atoms with van der Waals surface area (Å²) in [4.78, 5) is 11.2. The molecular formula is C15H15F3N2O. The summed E-state index contributed by atoms with van der Waals surface area (Å²) in [5.74, 6) is 0. The van der Waals surface area contributed by atoms with Gasteiger partial charge >= 0.3 is 6.18 Å². The first kappa shape index (κ1) is 15.3. The standard InChI is InChI=1S/C15H15F3N2O/c1-3-13-12(9-21)14(4-2)20(19-13)11-7-5-10(6-8-11)15(16,17)18/h5-9H,3-4H2,1-2H3. The molecule has 0 unspecified atom stereocenters. The Bertz CT molecular complexity index is 642. The van der Waals surface area contributed by atoms with E-state index in [1.807, 2.05) is 13.8 Å². The van der Waals surface area contributed by atoms with Crippen LogP contribution in [0.5, 0.6) is 0 Å². The van der Waals surface area contributed by atoms with Gasteiger partial charge in [-0.2, -0.15) is 18.3 Å². The van der Waals surface area contributed by atoms with E-state index >= 15 is 0 Å². The Kier molecular flexibility index (Phi) is 4.16. The third kappa shape index (κ3) is 2.84. The molecule has 6 heteroatoms. The van der Waals surface area contributed by atoms with Gasteiger partial charge in [-0.1, -0.05) is 13.8 Å². The number of carbonyl (C=O) groups excluding carboxylic acids is 1. The molecule has 0 aliphatic heterocycles. The molecule has 0 aliphatic rings. The zero-order chi connectivity index (χ0) is 15.6. The fourth-order valence-corrected chi connectivity index (χ4v) is 2.26. The summed E-state index contributed by atoms with van der Waals surface area (Å²) in [6.07, 6.45) is -2.44. The quantitative estimate of drug-likeness (QED) is 0.804. The molecule has 0 spiro atoms. The third-order valence-corrected chi connectivity index (χ3v) is 3.33. The number of aromatic nitrogens is 2. The summed E-state index contributed by atoms with van der Waals surface area (Å²) in [5.41, 5.74) is 1.70. The Balaban J connectivity index is 2.51. The summed E-state index contributed by atoms with van der Waals surface area (Å²) in [6.45, 7) is 3.76. The number of halogens is 3. The smallest absolute Gasteiger partial charge is 0.298 e. The molecule has 112 valence electrons. The van der Waals surface area contributed by atoms with E-state index in [1.54, 1.807) is 4.68 Å². The molecule has 0 saturated heterocycles. The van der Waals surface area contributed by atoms with Crippen LogP contribution in [0.15, 0.2) is 24.3 Å². The lowest BCUT2D eigenvalue weighted by atomic mass is 10.1. The van der Waals surface area contributed by atoms with Crippen molar-refractivity contribution < 1.29 is 18.0 Å². The van der Waals surface area contributed by atoms with Crippen molar-refractivity contribution in [1.29, 1.82) is 0 Å². The minimum absolute atomic E-state index is 0.516. The molecule has 0 aliphatic carbocycles. The largest absolute Gasteiger partial charge is 0.416 e. The van der Waals surface area contributed by atoms with Crippen molar-refractivity contribution in [2.45, 2.75) is 32.9 Å². The van der Waals surface area contributed by atoms with Gasteiger partial charge in [-0.3, -0.25) is 4.79 Å². The van der Waals surface area contributed by atoms with Crippen LogP contribution in [-0.4, -0.2) is 16.1 Å². The maximum absolute atomic E-state index is 12.6. The topological polar surface area (TPSA) is 34.9 Å². The molecule has 2 aromatic rings. The Morgan fingerprint density at radius 1 is 1.14 bits per heavy atom. The van der Waals surface area contributed by atoms with Crippen LogP contribution in [0.2, 0.25) is 0 Å². The van der Waals surface area contributed by atoms with E-state index in [-0.39, 0.29) is 0 Å². The Labute approximate surface area is 120 Å². The summed E-state index contributed by atoms with van der Waals surface area (Å²) < 4.78 is 39.3. The molecule has 0 amide bonds. The monoisotopic (exact) mass is 296 g/mol. The highest BCUT2D eigenvalue weighted by Crippen LogP contribution is 2.30. The fourth-order valence-electron chi connectivity index (χ4n) is 2.26. The normalized spacial score (nSPS) is 11.7. The van der Waals surface area contributed by atoms with Gasteiger partial charge in [-0.15, -0.1) is 0 Å². The second kappa shape index (κ2) is 5.71. The van der Waals surface area contributed by atoms with Crippen LogP contribution in [-0.2, 0) is 19.0 Å². The Morgan fingerprint density at radius 3 is 2.19 bits per heavy atom.